The predicted molar refractivity (Wildman–Crippen MR) is 163 cm³/mol. The van der Waals surface area contributed by atoms with Crippen LogP contribution in [-0.4, -0.2) is 73.5 Å². The second kappa shape index (κ2) is 25.7. The van der Waals surface area contributed by atoms with Crippen molar-refractivity contribution in [3.8, 4) is 0 Å². The Hall–Kier alpha value is -0.610. The van der Waals surface area contributed by atoms with Crippen molar-refractivity contribution < 1.29 is 4.79 Å². The van der Waals surface area contributed by atoms with Gasteiger partial charge >= 0.3 is 0 Å². The molecular weight excluding hydrogens is 454 g/mol. The summed E-state index contributed by atoms with van der Waals surface area (Å²) >= 11 is 0. The highest BCUT2D eigenvalue weighted by Gasteiger charge is 2.21. The van der Waals surface area contributed by atoms with Crippen molar-refractivity contribution in [3.05, 3.63) is 0 Å². The van der Waals surface area contributed by atoms with Gasteiger partial charge in [-0.25, -0.2) is 0 Å². The van der Waals surface area contributed by atoms with Crippen LogP contribution in [-0.2, 0) is 4.79 Å². The maximum atomic E-state index is 13.0. The largest absolute Gasteiger partial charge is 0.339 e. The summed E-state index contributed by atoms with van der Waals surface area (Å²) in [5.74, 6) is 0.360. The third-order valence-corrected chi connectivity index (χ3v) is 8.37. The van der Waals surface area contributed by atoms with E-state index >= 15 is 0 Å². The van der Waals surface area contributed by atoms with Gasteiger partial charge in [0.2, 0.25) is 5.91 Å². The third-order valence-electron chi connectivity index (χ3n) is 8.37. The summed E-state index contributed by atoms with van der Waals surface area (Å²) in [6.45, 7) is 11.3. The summed E-state index contributed by atoms with van der Waals surface area (Å²) in [6, 6.07) is 0. The Morgan fingerprint density at radius 1 is 0.514 bits per heavy atom. The number of likely N-dealkylation sites (N-methyl/N-ethyl adjacent to an activating group) is 1. The molecule has 1 fully saturated rings. The van der Waals surface area contributed by atoms with Crippen LogP contribution in [0.5, 0.6) is 0 Å². The van der Waals surface area contributed by atoms with Gasteiger partial charge < -0.3 is 9.80 Å². The summed E-state index contributed by atoms with van der Waals surface area (Å²) in [4.78, 5) is 19.9. The van der Waals surface area contributed by atoms with E-state index in [-0.39, 0.29) is 0 Å². The molecule has 4 heteroatoms. The first kappa shape index (κ1) is 34.4. The molecule has 0 bridgehead atoms. The molecule has 0 atom stereocenters. The SMILES string of the molecule is CCCCCCCCCCCCCCN(CCCCCCCCCCCC)CC(=O)N1CCN(C)CC1. The highest BCUT2D eigenvalue weighted by atomic mass is 16.2. The molecule has 0 aromatic rings. The van der Waals surface area contributed by atoms with Gasteiger partial charge in [0.15, 0.2) is 0 Å². The minimum atomic E-state index is 0.360. The monoisotopic (exact) mass is 522 g/mol. The average molecular weight is 522 g/mol. The minimum Gasteiger partial charge on any atom is -0.339 e. The zero-order valence-electron chi connectivity index (χ0n) is 25.8. The lowest BCUT2D eigenvalue weighted by Gasteiger charge is -2.34. The normalized spacial score (nSPS) is 14.6. The summed E-state index contributed by atoms with van der Waals surface area (Å²) in [7, 11) is 2.16. The van der Waals surface area contributed by atoms with Crippen LogP contribution in [0.25, 0.3) is 0 Å². The van der Waals surface area contributed by atoms with Gasteiger partial charge in [0.25, 0.3) is 0 Å². The lowest BCUT2D eigenvalue weighted by molar-refractivity contribution is -0.134. The maximum Gasteiger partial charge on any atom is 0.236 e. The van der Waals surface area contributed by atoms with E-state index in [2.05, 4.69) is 35.6 Å². The molecule has 0 aliphatic carbocycles. The smallest absolute Gasteiger partial charge is 0.236 e. The number of unbranched alkanes of at least 4 members (excludes halogenated alkanes) is 20. The molecule has 0 aromatic heterocycles. The van der Waals surface area contributed by atoms with Crippen molar-refractivity contribution >= 4 is 5.91 Å². The van der Waals surface area contributed by atoms with Gasteiger partial charge in [-0.05, 0) is 33.0 Å². The molecule has 1 amide bonds. The van der Waals surface area contributed by atoms with Crippen LogP contribution in [0.1, 0.15) is 155 Å². The van der Waals surface area contributed by atoms with Gasteiger partial charge in [-0.2, -0.15) is 0 Å². The highest BCUT2D eigenvalue weighted by Crippen LogP contribution is 2.14. The van der Waals surface area contributed by atoms with Gasteiger partial charge in [0.1, 0.15) is 0 Å². The van der Waals surface area contributed by atoms with E-state index in [0.29, 0.717) is 12.5 Å². The lowest BCUT2D eigenvalue weighted by Crippen LogP contribution is -2.50. The Bertz CT molecular complexity index is 490. The Labute approximate surface area is 233 Å². The third kappa shape index (κ3) is 21.0. The molecule has 0 aromatic carbocycles. The molecule has 4 nitrogen and oxygen atoms in total. The molecule has 1 heterocycles. The van der Waals surface area contributed by atoms with Crippen LogP contribution in [0.4, 0.5) is 0 Å². The Kier molecular flexibility index (Phi) is 23.9. The van der Waals surface area contributed by atoms with Crippen molar-refractivity contribution in [2.24, 2.45) is 0 Å². The fourth-order valence-corrected chi connectivity index (χ4v) is 5.62. The van der Waals surface area contributed by atoms with E-state index in [1.54, 1.807) is 0 Å². The van der Waals surface area contributed by atoms with Crippen LogP contribution in [0, 0.1) is 0 Å². The van der Waals surface area contributed by atoms with Crippen molar-refractivity contribution in [3.63, 3.8) is 0 Å². The predicted octanol–water partition coefficient (Wildman–Crippen LogP) is 8.68. The van der Waals surface area contributed by atoms with Crippen molar-refractivity contribution in [1.29, 1.82) is 0 Å². The number of hydrogen-bond donors (Lipinski definition) is 0. The quantitative estimate of drug-likeness (QED) is 0.107. The number of nitrogens with zero attached hydrogens (tertiary/aromatic N) is 3. The Morgan fingerprint density at radius 3 is 1.19 bits per heavy atom. The van der Waals surface area contributed by atoms with Gasteiger partial charge in [-0.3, -0.25) is 9.69 Å². The zero-order chi connectivity index (χ0) is 26.8. The molecular formula is C33H67N3O. The highest BCUT2D eigenvalue weighted by molar-refractivity contribution is 5.78. The van der Waals surface area contributed by atoms with Gasteiger partial charge in [0, 0.05) is 26.2 Å². The first-order chi connectivity index (χ1) is 18.2. The Balaban J connectivity index is 2.18. The van der Waals surface area contributed by atoms with Gasteiger partial charge in [-0.15, -0.1) is 0 Å². The molecule has 1 aliphatic rings. The van der Waals surface area contributed by atoms with Crippen molar-refractivity contribution in [1.82, 2.24) is 14.7 Å². The van der Waals surface area contributed by atoms with Crippen LogP contribution in [0.2, 0.25) is 0 Å². The Morgan fingerprint density at radius 2 is 0.838 bits per heavy atom. The van der Waals surface area contributed by atoms with E-state index in [1.165, 1.54) is 141 Å². The summed E-state index contributed by atoms with van der Waals surface area (Å²) in [6.07, 6.45) is 30.5. The molecule has 220 valence electrons. The van der Waals surface area contributed by atoms with E-state index in [0.717, 1.165) is 39.3 Å². The average Bonchev–Trinajstić information content (AvgIpc) is 2.90. The molecule has 37 heavy (non-hydrogen) atoms. The van der Waals surface area contributed by atoms with Crippen LogP contribution in [0.15, 0.2) is 0 Å². The lowest BCUT2D eigenvalue weighted by atomic mass is 10.1. The molecule has 0 unspecified atom stereocenters. The second-order valence-corrected chi connectivity index (χ2v) is 12.0. The number of carbonyl (C=O) groups excluding carboxylic acids is 1. The van der Waals surface area contributed by atoms with Gasteiger partial charge in [-0.1, -0.05) is 142 Å². The first-order valence-electron chi connectivity index (χ1n) is 16.9. The van der Waals surface area contributed by atoms with Crippen LogP contribution >= 0.6 is 0 Å². The summed E-state index contributed by atoms with van der Waals surface area (Å²) < 4.78 is 0. The van der Waals surface area contributed by atoms with E-state index in [9.17, 15) is 4.79 Å². The van der Waals surface area contributed by atoms with Gasteiger partial charge in [0.05, 0.1) is 6.54 Å². The zero-order valence-corrected chi connectivity index (χ0v) is 25.8. The van der Waals surface area contributed by atoms with E-state index in [4.69, 9.17) is 0 Å². The number of amides is 1. The molecule has 1 rings (SSSR count). The minimum absolute atomic E-state index is 0.360. The summed E-state index contributed by atoms with van der Waals surface area (Å²) in [5.41, 5.74) is 0. The fraction of sp³-hybridized carbons (Fsp3) is 0.970. The first-order valence-corrected chi connectivity index (χ1v) is 16.9. The number of piperazine rings is 1. The van der Waals surface area contributed by atoms with Crippen LogP contribution < -0.4 is 0 Å². The molecule has 0 spiro atoms. The van der Waals surface area contributed by atoms with Crippen molar-refractivity contribution in [2.45, 2.75) is 155 Å². The van der Waals surface area contributed by atoms with Crippen LogP contribution in [0.3, 0.4) is 0 Å². The number of hydrogen-bond acceptors (Lipinski definition) is 3. The molecule has 0 radical (unpaired) electrons. The molecule has 1 saturated heterocycles. The van der Waals surface area contributed by atoms with E-state index < -0.39 is 0 Å². The maximum absolute atomic E-state index is 13.0. The molecule has 1 aliphatic heterocycles. The second-order valence-electron chi connectivity index (χ2n) is 12.0. The standard InChI is InChI=1S/C33H67N3O/c1-4-6-8-10-12-14-16-17-19-21-23-25-27-35(32-33(37)36-30-28-34(3)29-31-36)26-24-22-20-18-15-13-11-9-7-5-2/h4-32H2,1-3H3. The molecule has 0 saturated carbocycles. The number of rotatable bonds is 26. The summed E-state index contributed by atoms with van der Waals surface area (Å²) in [5, 5.41) is 0. The van der Waals surface area contributed by atoms with Crippen molar-refractivity contribution in [2.75, 3.05) is 52.9 Å². The fourth-order valence-electron chi connectivity index (χ4n) is 5.62. The van der Waals surface area contributed by atoms with E-state index in [1.807, 2.05) is 0 Å². The number of carbonyl (C=O) groups is 1. The molecule has 0 N–H and O–H groups in total. The topological polar surface area (TPSA) is 26.8 Å².